The molecule has 1 aromatic carbocycles. The number of hydrogen-bond donors (Lipinski definition) is 0. The maximum atomic E-state index is 13.9. The van der Waals surface area contributed by atoms with Gasteiger partial charge in [-0.15, -0.1) is 0 Å². The van der Waals surface area contributed by atoms with Gasteiger partial charge in [0, 0.05) is 12.8 Å². The van der Waals surface area contributed by atoms with Crippen molar-refractivity contribution < 1.29 is 22.3 Å². The van der Waals surface area contributed by atoms with Crippen molar-refractivity contribution in [1.82, 2.24) is 9.97 Å². The zero-order chi connectivity index (χ0) is 17.7. The van der Waals surface area contributed by atoms with Gasteiger partial charge in [0.25, 0.3) is 5.88 Å². The van der Waals surface area contributed by atoms with Crippen molar-refractivity contribution in [3.05, 3.63) is 52.2 Å². The lowest BCUT2D eigenvalue weighted by Crippen LogP contribution is -2.09. The van der Waals surface area contributed by atoms with E-state index < -0.39 is 23.6 Å². The Hall–Kier alpha value is -1.89. The zero-order valence-corrected chi connectivity index (χ0v) is 13.6. The fraction of sp³-hybridized carbons (Fsp3) is 0.375. The first-order valence-electron chi connectivity index (χ1n) is 7.21. The molecule has 24 heavy (non-hydrogen) atoms. The Morgan fingerprint density at radius 2 is 1.79 bits per heavy atom. The first-order chi connectivity index (χ1) is 11.2. The summed E-state index contributed by atoms with van der Waals surface area (Å²) < 4.78 is 55.7. The fourth-order valence-corrected chi connectivity index (χ4v) is 2.11. The molecule has 0 bridgehead atoms. The van der Waals surface area contributed by atoms with E-state index in [1.165, 1.54) is 0 Å². The molecule has 0 saturated heterocycles. The van der Waals surface area contributed by atoms with E-state index in [2.05, 4.69) is 9.97 Å². The predicted molar refractivity (Wildman–Crippen MR) is 81.5 cm³/mol. The highest BCUT2D eigenvalue weighted by atomic mass is 35.5. The number of nitrogens with zero attached hydrogens (tertiary/aromatic N) is 2. The molecule has 0 aliphatic rings. The first kappa shape index (κ1) is 18.4. The van der Waals surface area contributed by atoms with E-state index in [0.717, 1.165) is 11.1 Å². The number of aryl methyl sites for hydroxylation is 2. The molecule has 0 fully saturated rings. The topological polar surface area (TPSA) is 35.0 Å². The number of alkyl halides is 3. The summed E-state index contributed by atoms with van der Waals surface area (Å²) in [5.41, 5.74) is 1.87. The van der Waals surface area contributed by atoms with Crippen LogP contribution in [0.1, 0.15) is 29.8 Å². The number of ether oxygens (including phenoxy) is 1. The molecule has 1 heterocycles. The minimum absolute atomic E-state index is 0.0181. The van der Waals surface area contributed by atoms with E-state index in [4.69, 9.17) is 16.3 Å². The first-order valence-corrected chi connectivity index (χ1v) is 7.59. The molecule has 0 aliphatic heterocycles. The van der Waals surface area contributed by atoms with Gasteiger partial charge in [-0.2, -0.15) is 22.5 Å². The smallest absolute Gasteiger partial charge is 0.389 e. The van der Waals surface area contributed by atoms with E-state index in [1.54, 1.807) is 0 Å². The number of rotatable bonds is 6. The normalized spacial score (nSPS) is 11.6. The van der Waals surface area contributed by atoms with Gasteiger partial charge in [-0.3, -0.25) is 0 Å². The van der Waals surface area contributed by atoms with Gasteiger partial charge in [-0.25, -0.2) is 4.98 Å². The molecule has 1 aromatic heterocycles. The van der Waals surface area contributed by atoms with Crippen molar-refractivity contribution >= 4 is 11.6 Å². The van der Waals surface area contributed by atoms with Gasteiger partial charge in [0.1, 0.15) is 12.4 Å². The molecular weight excluding hydrogens is 348 g/mol. The molecule has 2 rings (SSSR count). The molecule has 0 aliphatic carbocycles. The Bertz CT molecular complexity index is 690. The molecule has 0 spiro atoms. The zero-order valence-electron chi connectivity index (χ0n) is 12.8. The highest BCUT2D eigenvalue weighted by Crippen LogP contribution is 2.25. The third-order valence-corrected chi connectivity index (χ3v) is 3.43. The Morgan fingerprint density at radius 3 is 2.42 bits per heavy atom. The summed E-state index contributed by atoms with van der Waals surface area (Å²) in [7, 11) is 0. The molecule has 0 radical (unpaired) electrons. The average Bonchev–Trinajstić information content (AvgIpc) is 2.49. The van der Waals surface area contributed by atoms with Crippen LogP contribution in [0.3, 0.4) is 0 Å². The molecule has 0 saturated carbocycles. The van der Waals surface area contributed by atoms with Crippen molar-refractivity contribution in [3.63, 3.8) is 0 Å². The van der Waals surface area contributed by atoms with Crippen molar-refractivity contribution in [2.45, 2.75) is 39.0 Å². The summed E-state index contributed by atoms with van der Waals surface area (Å²) in [6.07, 6.45) is -5.50. The summed E-state index contributed by atoms with van der Waals surface area (Å²) in [6, 6.07) is 7.40. The van der Waals surface area contributed by atoms with Crippen LogP contribution in [0.25, 0.3) is 0 Å². The number of benzene rings is 1. The van der Waals surface area contributed by atoms with Crippen LogP contribution in [0.2, 0.25) is 5.15 Å². The minimum atomic E-state index is -4.26. The maximum Gasteiger partial charge on any atom is 0.389 e. The van der Waals surface area contributed by atoms with Gasteiger partial charge in [0.2, 0.25) is 5.82 Å². The SMILES string of the molecule is Cc1ccc(COc2nc(CCCC(F)(F)F)nc(Cl)c2F)cc1. The van der Waals surface area contributed by atoms with E-state index in [1.807, 2.05) is 31.2 Å². The molecule has 8 heteroatoms. The quantitative estimate of drug-likeness (QED) is 0.533. The molecule has 0 N–H and O–H groups in total. The van der Waals surface area contributed by atoms with Gasteiger partial charge < -0.3 is 4.74 Å². The van der Waals surface area contributed by atoms with E-state index >= 15 is 0 Å². The van der Waals surface area contributed by atoms with Crippen LogP contribution in [-0.4, -0.2) is 16.1 Å². The fourth-order valence-electron chi connectivity index (χ4n) is 1.93. The summed E-state index contributed by atoms with van der Waals surface area (Å²) in [6.45, 7) is 1.99. The van der Waals surface area contributed by atoms with Gasteiger partial charge >= 0.3 is 6.18 Å². The molecule has 0 atom stereocenters. The van der Waals surface area contributed by atoms with Gasteiger partial charge in [0.15, 0.2) is 5.15 Å². The number of hydrogen-bond acceptors (Lipinski definition) is 3. The Balaban J connectivity index is 2.04. The second-order valence-corrected chi connectivity index (χ2v) is 5.65. The van der Waals surface area contributed by atoms with Crippen molar-refractivity contribution in [2.24, 2.45) is 0 Å². The lowest BCUT2D eigenvalue weighted by Gasteiger charge is -2.10. The van der Waals surface area contributed by atoms with Crippen LogP contribution in [0, 0.1) is 12.7 Å². The van der Waals surface area contributed by atoms with Crippen molar-refractivity contribution in [2.75, 3.05) is 0 Å². The van der Waals surface area contributed by atoms with Crippen LogP contribution >= 0.6 is 11.6 Å². The summed E-state index contributed by atoms with van der Waals surface area (Å²) in [5.74, 6) is -1.27. The lowest BCUT2D eigenvalue weighted by atomic mass is 10.2. The Labute approximate surface area is 141 Å². The summed E-state index contributed by atoms with van der Waals surface area (Å²) in [4.78, 5) is 7.48. The minimum Gasteiger partial charge on any atom is -0.471 e. The van der Waals surface area contributed by atoms with Gasteiger partial charge in [-0.1, -0.05) is 41.4 Å². The number of halogens is 5. The summed E-state index contributed by atoms with van der Waals surface area (Å²) in [5, 5.41) is -0.467. The highest BCUT2D eigenvalue weighted by molar-refractivity contribution is 6.29. The lowest BCUT2D eigenvalue weighted by molar-refractivity contribution is -0.135. The predicted octanol–water partition coefficient (Wildman–Crippen LogP) is 5.04. The van der Waals surface area contributed by atoms with Crippen LogP contribution < -0.4 is 4.74 Å². The second-order valence-electron chi connectivity index (χ2n) is 5.29. The highest BCUT2D eigenvalue weighted by Gasteiger charge is 2.26. The molecule has 130 valence electrons. The maximum absolute atomic E-state index is 13.9. The van der Waals surface area contributed by atoms with E-state index in [0.29, 0.717) is 0 Å². The Kier molecular flexibility index (Phi) is 5.99. The second kappa shape index (κ2) is 7.79. The van der Waals surface area contributed by atoms with E-state index in [-0.39, 0.29) is 31.2 Å². The van der Waals surface area contributed by atoms with Crippen LogP contribution in [0.5, 0.6) is 5.88 Å². The van der Waals surface area contributed by atoms with Crippen molar-refractivity contribution in [3.8, 4) is 5.88 Å². The largest absolute Gasteiger partial charge is 0.471 e. The van der Waals surface area contributed by atoms with E-state index in [9.17, 15) is 17.6 Å². The molecule has 0 unspecified atom stereocenters. The van der Waals surface area contributed by atoms with Crippen LogP contribution in [0.4, 0.5) is 17.6 Å². The summed E-state index contributed by atoms with van der Waals surface area (Å²) >= 11 is 5.66. The molecular formula is C16H15ClF4N2O. The van der Waals surface area contributed by atoms with Crippen LogP contribution in [-0.2, 0) is 13.0 Å². The third-order valence-electron chi connectivity index (χ3n) is 3.18. The Morgan fingerprint density at radius 1 is 1.12 bits per heavy atom. The van der Waals surface area contributed by atoms with Gasteiger partial charge in [0.05, 0.1) is 0 Å². The molecule has 2 aromatic rings. The molecule has 3 nitrogen and oxygen atoms in total. The molecule has 0 amide bonds. The van der Waals surface area contributed by atoms with Crippen LogP contribution in [0.15, 0.2) is 24.3 Å². The monoisotopic (exact) mass is 362 g/mol. The standard InChI is InChI=1S/C16H15ClF4N2O/c1-10-4-6-11(7-5-10)9-24-15-13(18)14(17)22-12(23-15)3-2-8-16(19,20)21/h4-7H,2-3,8-9H2,1H3. The van der Waals surface area contributed by atoms with Gasteiger partial charge in [-0.05, 0) is 18.9 Å². The third kappa shape index (κ3) is 5.63. The van der Waals surface area contributed by atoms with Crippen molar-refractivity contribution in [1.29, 1.82) is 0 Å². The number of aromatic nitrogens is 2. The average molecular weight is 363 g/mol.